The van der Waals surface area contributed by atoms with E-state index >= 15 is 0 Å². The number of rotatable bonds is 2. The van der Waals surface area contributed by atoms with Gasteiger partial charge in [-0.15, -0.1) is 0 Å². The highest BCUT2D eigenvalue weighted by molar-refractivity contribution is 4.97. The lowest BCUT2D eigenvalue weighted by Gasteiger charge is -2.48. The van der Waals surface area contributed by atoms with Crippen LogP contribution in [0, 0.1) is 5.41 Å². The number of nitrogens with one attached hydrogen (secondary N) is 1. The van der Waals surface area contributed by atoms with Crippen molar-refractivity contribution < 1.29 is 4.74 Å². The zero-order valence-corrected chi connectivity index (χ0v) is 11.7. The Morgan fingerprint density at radius 3 is 2.76 bits per heavy atom. The molecule has 0 radical (unpaired) electrons. The Bertz CT molecular complexity index is 234. The molecule has 2 aliphatic rings. The molecule has 0 spiro atoms. The number of ether oxygens (including phenoxy) is 1. The van der Waals surface area contributed by atoms with E-state index < -0.39 is 0 Å². The molecule has 1 saturated carbocycles. The number of nitrogens with zero attached hydrogens (tertiary/aromatic N) is 1. The molecular weight excluding hydrogens is 212 g/mol. The summed E-state index contributed by atoms with van der Waals surface area (Å²) in [5.41, 5.74) is 0.421. The maximum Gasteiger partial charge on any atom is 0.0593 e. The molecule has 2 unspecified atom stereocenters. The minimum Gasteiger partial charge on any atom is -0.380 e. The predicted octanol–water partition coefficient (Wildman–Crippen LogP) is 1.88. The third-order valence-corrected chi connectivity index (χ3v) is 4.58. The van der Waals surface area contributed by atoms with Gasteiger partial charge < -0.3 is 10.1 Å². The van der Waals surface area contributed by atoms with Gasteiger partial charge in [0.1, 0.15) is 0 Å². The van der Waals surface area contributed by atoms with Crippen molar-refractivity contribution >= 4 is 0 Å². The molecule has 0 aromatic heterocycles. The normalized spacial score (nSPS) is 35.5. The van der Waals surface area contributed by atoms with Crippen LogP contribution in [0.4, 0.5) is 0 Å². The maximum absolute atomic E-state index is 5.57. The van der Waals surface area contributed by atoms with Crippen molar-refractivity contribution in [2.45, 2.75) is 51.6 Å². The molecule has 1 saturated heterocycles. The summed E-state index contributed by atoms with van der Waals surface area (Å²) >= 11 is 0. The van der Waals surface area contributed by atoms with E-state index in [9.17, 15) is 0 Å². The van der Waals surface area contributed by atoms with Crippen LogP contribution < -0.4 is 5.32 Å². The zero-order chi connectivity index (χ0) is 12.3. The van der Waals surface area contributed by atoms with Crippen LogP contribution in [-0.4, -0.2) is 50.3 Å². The average Bonchev–Trinajstić information content (AvgIpc) is 2.55. The van der Waals surface area contributed by atoms with Crippen molar-refractivity contribution in [2.24, 2.45) is 5.41 Å². The fourth-order valence-corrected chi connectivity index (χ4v) is 3.68. The summed E-state index contributed by atoms with van der Waals surface area (Å²) in [5.74, 6) is 0. The topological polar surface area (TPSA) is 24.5 Å². The number of likely N-dealkylation sites (N-methyl/N-ethyl adjacent to an activating group) is 1. The van der Waals surface area contributed by atoms with Crippen LogP contribution >= 0.6 is 0 Å². The maximum atomic E-state index is 5.57. The van der Waals surface area contributed by atoms with E-state index in [0.29, 0.717) is 17.5 Å². The molecule has 3 nitrogen and oxygen atoms in total. The molecule has 2 rings (SSSR count). The monoisotopic (exact) mass is 240 g/mol. The van der Waals surface area contributed by atoms with Crippen LogP contribution in [0.5, 0.6) is 0 Å². The Hall–Kier alpha value is -0.120. The lowest BCUT2D eigenvalue weighted by molar-refractivity contribution is 0.0490. The fraction of sp³-hybridized carbons (Fsp3) is 1.00. The van der Waals surface area contributed by atoms with Crippen molar-refractivity contribution in [3.63, 3.8) is 0 Å². The number of hydrogen-bond acceptors (Lipinski definition) is 3. The molecule has 1 heterocycles. The van der Waals surface area contributed by atoms with Crippen LogP contribution in [0.25, 0.3) is 0 Å². The first-order valence-corrected chi connectivity index (χ1v) is 7.14. The SMILES string of the molecule is CNC1C(N2CCCOCC2)CCCC1(C)C. The molecule has 1 aliphatic heterocycles. The van der Waals surface area contributed by atoms with Crippen LogP contribution in [0.3, 0.4) is 0 Å². The van der Waals surface area contributed by atoms with E-state index in [2.05, 4.69) is 31.1 Å². The smallest absolute Gasteiger partial charge is 0.0593 e. The molecule has 100 valence electrons. The largest absolute Gasteiger partial charge is 0.380 e. The fourth-order valence-electron chi connectivity index (χ4n) is 3.68. The van der Waals surface area contributed by atoms with E-state index in [1.165, 1.54) is 32.2 Å². The van der Waals surface area contributed by atoms with Gasteiger partial charge in [0.15, 0.2) is 0 Å². The lowest BCUT2D eigenvalue weighted by Crippen LogP contribution is -2.58. The molecule has 1 N–H and O–H groups in total. The molecular formula is C14H28N2O. The molecule has 2 atom stereocenters. The van der Waals surface area contributed by atoms with Crippen LogP contribution in [0.1, 0.15) is 39.5 Å². The Labute approximate surface area is 106 Å². The van der Waals surface area contributed by atoms with Crippen LogP contribution in [0.15, 0.2) is 0 Å². The quantitative estimate of drug-likeness (QED) is 0.797. The third-order valence-electron chi connectivity index (χ3n) is 4.58. The summed E-state index contributed by atoms with van der Waals surface area (Å²) in [6, 6.07) is 1.32. The molecule has 0 aromatic carbocycles. The summed E-state index contributed by atoms with van der Waals surface area (Å²) < 4.78 is 5.57. The summed E-state index contributed by atoms with van der Waals surface area (Å²) in [6.07, 6.45) is 5.24. The Morgan fingerprint density at radius 1 is 1.18 bits per heavy atom. The summed E-state index contributed by atoms with van der Waals surface area (Å²) in [6.45, 7) is 8.99. The number of hydrogen-bond donors (Lipinski definition) is 1. The molecule has 0 bridgehead atoms. The molecule has 0 aromatic rings. The van der Waals surface area contributed by atoms with E-state index in [4.69, 9.17) is 4.74 Å². The second-order valence-corrected chi connectivity index (χ2v) is 6.22. The first-order valence-electron chi connectivity index (χ1n) is 7.14. The second-order valence-electron chi connectivity index (χ2n) is 6.22. The lowest BCUT2D eigenvalue weighted by atomic mass is 9.70. The van der Waals surface area contributed by atoms with Crippen molar-refractivity contribution in [1.29, 1.82) is 0 Å². The van der Waals surface area contributed by atoms with Gasteiger partial charge in [-0.25, -0.2) is 0 Å². The van der Waals surface area contributed by atoms with Gasteiger partial charge in [0, 0.05) is 31.8 Å². The predicted molar refractivity (Wildman–Crippen MR) is 71.3 cm³/mol. The third kappa shape index (κ3) is 3.01. The van der Waals surface area contributed by atoms with Gasteiger partial charge in [0.2, 0.25) is 0 Å². The first kappa shape index (κ1) is 13.3. The highest BCUT2D eigenvalue weighted by Crippen LogP contribution is 2.37. The minimum atomic E-state index is 0.421. The van der Waals surface area contributed by atoms with E-state index in [1.807, 2.05) is 0 Å². The molecule has 17 heavy (non-hydrogen) atoms. The van der Waals surface area contributed by atoms with E-state index in [0.717, 1.165) is 19.8 Å². The Balaban J connectivity index is 2.06. The van der Waals surface area contributed by atoms with Gasteiger partial charge in [-0.1, -0.05) is 20.3 Å². The van der Waals surface area contributed by atoms with E-state index in [-0.39, 0.29) is 0 Å². The van der Waals surface area contributed by atoms with Gasteiger partial charge in [0.05, 0.1) is 6.61 Å². The standard InChI is InChI=1S/C14H28N2O/c1-14(2)7-4-6-12(13(14)15-3)16-8-5-10-17-11-9-16/h12-13,15H,4-11H2,1-3H3. The van der Waals surface area contributed by atoms with Gasteiger partial charge >= 0.3 is 0 Å². The summed E-state index contributed by atoms with van der Waals surface area (Å²) in [7, 11) is 2.12. The Morgan fingerprint density at radius 2 is 2.00 bits per heavy atom. The van der Waals surface area contributed by atoms with Gasteiger partial charge in [-0.05, 0) is 31.7 Å². The van der Waals surface area contributed by atoms with E-state index in [1.54, 1.807) is 0 Å². The highest BCUT2D eigenvalue weighted by Gasteiger charge is 2.40. The molecule has 1 aliphatic carbocycles. The van der Waals surface area contributed by atoms with Crippen molar-refractivity contribution in [1.82, 2.24) is 10.2 Å². The van der Waals surface area contributed by atoms with Gasteiger partial charge in [-0.2, -0.15) is 0 Å². The average molecular weight is 240 g/mol. The molecule has 3 heteroatoms. The highest BCUT2D eigenvalue weighted by atomic mass is 16.5. The van der Waals surface area contributed by atoms with Crippen molar-refractivity contribution in [2.75, 3.05) is 33.4 Å². The van der Waals surface area contributed by atoms with Crippen LogP contribution in [-0.2, 0) is 4.74 Å². The molecule has 0 amide bonds. The Kier molecular flexibility index (Phi) is 4.45. The minimum absolute atomic E-state index is 0.421. The van der Waals surface area contributed by atoms with Crippen molar-refractivity contribution in [3.05, 3.63) is 0 Å². The second kappa shape index (κ2) is 5.68. The zero-order valence-electron chi connectivity index (χ0n) is 11.7. The first-order chi connectivity index (χ1) is 8.15. The summed E-state index contributed by atoms with van der Waals surface area (Å²) in [4.78, 5) is 2.66. The van der Waals surface area contributed by atoms with Crippen molar-refractivity contribution in [3.8, 4) is 0 Å². The summed E-state index contributed by atoms with van der Waals surface area (Å²) in [5, 5.41) is 3.58. The van der Waals surface area contributed by atoms with Gasteiger partial charge in [0.25, 0.3) is 0 Å². The van der Waals surface area contributed by atoms with Crippen LogP contribution in [0.2, 0.25) is 0 Å². The van der Waals surface area contributed by atoms with Gasteiger partial charge in [-0.3, -0.25) is 4.90 Å². The molecule has 2 fully saturated rings.